The molecule has 2 aromatic carbocycles. The standard InChI is InChI=1S/C34H37F4N7O4/c1-4-44-10-12-45(13-11-44)20-24-14-28(35)29(16-27(24)34(36,37)38)43-33(46)42-25-18-39-31(40-19-25)23-15-30(48-5-2)32(41-17-23)49-21-22-6-8-26(47-3)9-7-22/h6-9,14-19H,4-5,10-13,20-21H2,1-3H3,(H2,42,43,46). The lowest BCUT2D eigenvalue weighted by atomic mass is 10.0. The molecule has 0 spiro atoms. The fourth-order valence-corrected chi connectivity index (χ4v) is 5.23. The van der Waals surface area contributed by atoms with Crippen LogP contribution in [0.3, 0.4) is 0 Å². The van der Waals surface area contributed by atoms with Crippen LogP contribution in [0.1, 0.15) is 30.5 Å². The van der Waals surface area contributed by atoms with E-state index in [0.29, 0.717) is 37.1 Å². The van der Waals surface area contributed by atoms with E-state index in [2.05, 4.69) is 30.5 Å². The summed E-state index contributed by atoms with van der Waals surface area (Å²) in [6.45, 7) is 7.85. The molecular formula is C34H37F4N7O4. The van der Waals surface area contributed by atoms with Crippen molar-refractivity contribution in [2.75, 3.05) is 57.1 Å². The minimum atomic E-state index is -4.75. The molecule has 1 fully saturated rings. The van der Waals surface area contributed by atoms with E-state index in [9.17, 15) is 18.0 Å². The molecule has 0 atom stereocenters. The van der Waals surface area contributed by atoms with Gasteiger partial charge in [0.05, 0.1) is 43.0 Å². The van der Waals surface area contributed by atoms with Gasteiger partial charge in [0.2, 0.25) is 0 Å². The molecule has 1 aliphatic rings. The molecule has 15 heteroatoms. The molecule has 0 saturated carbocycles. The molecule has 0 unspecified atom stereocenters. The normalized spacial score (nSPS) is 13.9. The number of alkyl halides is 3. The zero-order valence-electron chi connectivity index (χ0n) is 27.3. The summed E-state index contributed by atoms with van der Waals surface area (Å²) < 4.78 is 73.8. The van der Waals surface area contributed by atoms with Crippen molar-refractivity contribution >= 4 is 17.4 Å². The van der Waals surface area contributed by atoms with E-state index in [1.54, 1.807) is 13.2 Å². The molecular weight excluding hydrogens is 646 g/mol. The number of urea groups is 1. The second-order valence-corrected chi connectivity index (χ2v) is 11.2. The SMILES string of the molecule is CCOc1cc(-c2ncc(NC(=O)Nc3cc(C(F)(F)F)c(CN4CCN(CC)CC4)cc3F)cn2)cnc1OCc1ccc(OC)cc1. The number of halogens is 4. The Bertz CT molecular complexity index is 1720. The third kappa shape index (κ3) is 9.32. The topological polar surface area (TPSA) is 114 Å². The van der Waals surface area contributed by atoms with E-state index >= 15 is 4.39 Å². The van der Waals surface area contributed by atoms with E-state index in [1.165, 1.54) is 18.6 Å². The molecule has 2 aromatic heterocycles. The van der Waals surface area contributed by atoms with Crippen LogP contribution in [0.4, 0.5) is 33.7 Å². The molecule has 1 saturated heterocycles. The zero-order chi connectivity index (χ0) is 35.0. The Labute approximate surface area is 281 Å². The van der Waals surface area contributed by atoms with Gasteiger partial charge in [-0.1, -0.05) is 19.1 Å². The van der Waals surface area contributed by atoms with E-state index in [4.69, 9.17) is 14.2 Å². The number of nitrogens with one attached hydrogen (secondary N) is 2. The molecule has 4 aromatic rings. The average Bonchev–Trinajstić information content (AvgIpc) is 3.09. The van der Waals surface area contributed by atoms with E-state index in [0.717, 1.165) is 37.0 Å². The first-order valence-corrected chi connectivity index (χ1v) is 15.7. The van der Waals surface area contributed by atoms with Crippen LogP contribution in [-0.2, 0) is 19.3 Å². The van der Waals surface area contributed by atoms with Crippen molar-refractivity contribution in [3.8, 4) is 28.8 Å². The van der Waals surface area contributed by atoms with Crippen molar-refractivity contribution in [2.45, 2.75) is 33.2 Å². The van der Waals surface area contributed by atoms with Crippen LogP contribution < -0.4 is 24.8 Å². The second kappa shape index (κ2) is 15.9. The summed E-state index contributed by atoms with van der Waals surface area (Å²) in [5, 5.41) is 4.59. The number of pyridine rings is 1. The number of anilines is 2. The summed E-state index contributed by atoms with van der Waals surface area (Å²) in [4.78, 5) is 29.6. The fourth-order valence-electron chi connectivity index (χ4n) is 5.23. The quantitative estimate of drug-likeness (QED) is 0.162. The van der Waals surface area contributed by atoms with Gasteiger partial charge < -0.3 is 29.7 Å². The van der Waals surface area contributed by atoms with Crippen molar-refractivity contribution < 1.29 is 36.6 Å². The van der Waals surface area contributed by atoms with Crippen LogP contribution in [0.25, 0.3) is 11.4 Å². The van der Waals surface area contributed by atoms with E-state index in [-0.39, 0.29) is 36.1 Å². The lowest BCUT2D eigenvalue weighted by Crippen LogP contribution is -2.45. The number of carbonyl (C=O) groups is 1. The maximum atomic E-state index is 15.0. The predicted molar refractivity (Wildman–Crippen MR) is 175 cm³/mol. The molecule has 3 heterocycles. The highest BCUT2D eigenvalue weighted by molar-refractivity contribution is 5.99. The Hall–Kier alpha value is -5.02. The Morgan fingerprint density at radius 3 is 2.22 bits per heavy atom. The Kier molecular flexibility index (Phi) is 11.5. The lowest BCUT2D eigenvalue weighted by molar-refractivity contribution is -0.138. The minimum Gasteiger partial charge on any atom is -0.497 e. The highest BCUT2D eigenvalue weighted by Gasteiger charge is 2.35. The predicted octanol–water partition coefficient (Wildman–Crippen LogP) is 6.46. The van der Waals surface area contributed by atoms with Gasteiger partial charge in [-0.05, 0) is 54.9 Å². The van der Waals surface area contributed by atoms with Crippen LogP contribution in [0.2, 0.25) is 0 Å². The third-order valence-corrected chi connectivity index (χ3v) is 7.87. The van der Waals surface area contributed by atoms with Gasteiger partial charge in [-0.25, -0.2) is 24.1 Å². The van der Waals surface area contributed by atoms with Crippen molar-refractivity contribution in [1.82, 2.24) is 24.8 Å². The van der Waals surface area contributed by atoms with Crippen molar-refractivity contribution in [3.63, 3.8) is 0 Å². The summed E-state index contributed by atoms with van der Waals surface area (Å²) in [6.07, 6.45) is -0.635. The number of amides is 2. The monoisotopic (exact) mass is 683 g/mol. The van der Waals surface area contributed by atoms with Crippen LogP contribution in [0.5, 0.6) is 17.4 Å². The van der Waals surface area contributed by atoms with E-state index < -0.39 is 29.3 Å². The van der Waals surface area contributed by atoms with Gasteiger partial charge in [0.1, 0.15) is 18.2 Å². The van der Waals surface area contributed by atoms with Crippen molar-refractivity contribution in [3.05, 3.63) is 83.6 Å². The first-order chi connectivity index (χ1) is 23.6. The number of benzene rings is 2. The van der Waals surface area contributed by atoms with Crippen molar-refractivity contribution in [1.29, 1.82) is 0 Å². The number of ether oxygens (including phenoxy) is 3. The maximum Gasteiger partial charge on any atom is 0.416 e. The number of piperazine rings is 1. The smallest absolute Gasteiger partial charge is 0.416 e. The van der Waals surface area contributed by atoms with Gasteiger partial charge in [0.25, 0.3) is 5.88 Å². The molecule has 0 bridgehead atoms. The average molecular weight is 684 g/mol. The van der Waals surface area contributed by atoms with Gasteiger partial charge in [0, 0.05) is 44.5 Å². The Morgan fingerprint density at radius 2 is 1.59 bits per heavy atom. The fraction of sp³-hybridized carbons (Fsp3) is 0.353. The largest absolute Gasteiger partial charge is 0.497 e. The zero-order valence-corrected chi connectivity index (χ0v) is 27.3. The highest BCUT2D eigenvalue weighted by atomic mass is 19.4. The molecule has 49 heavy (non-hydrogen) atoms. The molecule has 0 radical (unpaired) electrons. The molecule has 11 nitrogen and oxygen atoms in total. The van der Waals surface area contributed by atoms with Crippen LogP contribution >= 0.6 is 0 Å². The van der Waals surface area contributed by atoms with Crippen LogP contribution in [0, 0.1) is 5.82 Å². The summed E-state index contributed by atoms with van der Waals surface area (Å²) in [5.41, 5.74) is -0.272. The maximum absolute atomic E-state index is 15.0. The molecule has 2 N–H and O–H groups in total. The summed E-state index contributed by atoms with van der Waals surface area (Å²) in [7, 11) is 1.59. The molecule has 260 valence electrons. The number of rotatable bonds is 12. The number of likely N-dealkylation sites (N-methyl/N-ethyl adjacent to an activating group) is 1. The number of hydrogen-bond acceptors (Lipinski definition) is 9. The summed E-state index contributed by atoms with van der Waals surface area (Å²) >= 11 is 0. The first kappa shape index (κ1) is 35.3. The molecule has 2 amide bonds. The number of aromatic nitrogens is 3. The Balaban J connectivity index is 1.23. The van der Waals surface area contributed by atoms with Gasteiger partial charge in [-0.3, -0.25) is 4.90 Å². The van der Waals surface area contributed by atoms with Crippen LogP contribution in [0.15, 0.2) is 61.1 Å². The molecule has 0 aliphatic carbocycles. The van der Waals surface area contributed by atoms with Crippen molar-refractivity contribution in [2.24, 2.45) is 0 Å². The number of nitrogens with zero attached hydrogens (tertiary/aromatic N) is 5. The highest BCUT2D eigenvalue weighted by Crippen LogP contribution is 2.36. The minimum absolute atomic E-state index is 0.0550. The third-order valence-electron chi connectivity index (χ3n) is 7.87. The second-order valence-electron chi connectivity index (χ2n) is 11.2. The lowest BCUT2D eigenvalue weighted by Gasteiger charge is -2.34. The number of carbonyl (C=O) groups excluding carboxylic acids is 1. The summed E-state index contributed by atoms with van der Waals surface area (Å²) in [5.74, 6) is 0.664. The first-order valence-electron chi connectivity index (χ1n) is 15.7. The van der Waals surface area contributed by atoms with Gasteiger partial charge in [-0.15, -0.1) is 0 Å². The summed E-state index contributed by atoms with van der Waals surface area (Å²) in [6, 6.07) is 9.57. The Morgan fingerprint density at radius 1 is 0.898 bits per heavy atom. The van der Waals surface area contributed by atoms with Gasteiger partial charge in [0.15, 0.2) is 11.6 Å². The molecule has 1 aliphatic heterocycles. The number of methoxy groups -OCH3 is 1. The van der Waals surface area contributed by atoms with Crippen LogP contribution in [-0.4, -0.2) is 77.2 Å². The van der Waals surface area contributed by atoms with Gasteiger partial charge >= 0.3 is 12.2 Å². The molecule has 5 rings (SSSR count). The van der Waals surface area contributed by atoms with E-state index in [1.807, 2.05) is 43.0 Å². The number of hydrogen-bond donors (Lipinski definition) is 2. The van der Waals surface area contributed by atoms with Gasteiger partial charge in [-0.2, -0.15) is 13.2 Å².